The zero-order chi connectivity index (χ0) is 27.1. The molecule has 2 heterocycles. The molecule has 2 unspecified atom stereocenters. The highest BCUT2D eigenvalue weighted by atomic mass is 19.4. The lowest BCUT2D eigenvalue weighted by atomic mass is 10.00. The summed E-state index contributed by atoms with van der Waals surface area (Å²) < 4.78 is 82.6. The van der Waals surface area contributed by atoms with Gasteiger partial charge in [0.25, 0.3) is 5.91 Å². The number of hydrogen-bond acceptors (Lipinski definition) is 3. The van der Waals surface area contributed by atoms with Crippen LogP contribution in [0.3, 0.4) is 0 Å². The average molecular weight is 528 g/mol. The summed E-state index contributed by atoms with van der Waals surface area (Å²) in [6, 6.07) is 3.73. The van der Waals surface area contributed by atoms with Crippen molar-refractivity contribution in [3.8, 4) is 0 Å². The topological polar surface area (TPSA) is 65.2 Å². The third-order valence-electron chi connectivity index (χ3n) is 7.01. The number of aromatic nitrogens is 1. The summed E-state index contributed by atoms with van der Waals surface area (Å²) in [6.07, 6.45) is -4.21. The minimum absolute atomic E-state index is 0.0445. The number of fused-ring (bicyclic) bond motifs is 1. The smallest absolute Gasteiger partial charge is 0.366 e. The lowest BCUT2D eigenvalue weighted by molar-refractivity contribution is -0.136. The van der Waals surface area contributed by atoms with Gasteiger partial charge in [-0.25, -0.2) is 0 Å². The molecule has 1 aliphatic carbocycles. The number of halogens is 6. The van der Waals surface area contributed by atoms with Crippen molar-refractivity contribution in [2.75, 3.05) is 10.2 Å². The lowest BCUT2D eigenvalue weighted by Crippen LogP contribution is -2.49. The molecule has 1 aromatic carbocycles. The molecule has 1 aromatic heterocycles. The third kappa shape index (κ3) is 5.26. The van der Waals surface area contributed by atoms with Crippen LogP contribution < -0.4 is 26.2 Å². The minimum atomic E-state index is -4.82. The number of H-pyrrole nitrogens is 1. The maximum atomic E-state index is 14.0. The van der Waals surface area contributed by atoms with Crippen LogP contribution in [0.1, 0.15) is 68.3 Å². The number of pyridine rings is 1. The highest BCUT2D eigenvalue weighted by Crippen LogP contribution is 2.40. The van der Waals surface area contributed by atoms with Crippen LogP contribution in [-0.2, 0) is 6.18 Å². The fourth-order valence-corrected chi connectivity index (χ4v) is 5.32. The Morgan fingerprint density at radius 2 is 1.86 bits per heavy atom. The number of rotatable bonds is 5. The summed E-state index contributed by atoms with van der Waals surface area (Å²) in [7, 11) is 0. The zero-order valence-electron chi connectivity index (χ0n) is 20.3. The molecule has 2 aromatic rings. The van der Waals surface area contributed by atoms with Crippen LogP contribution in [-0.4, -0.2) is 29.2 Å². The molecule has 1 amide bonds. The highest BCUT2D eigenvalue weighted by molar-refractivity contribution is 6.04. The van der Waals surface area contributed by atoms with Gasteiger partial charge in [0.05, 0.1) is 16.5 Å². The second-order valence-corrected chi connectivity index (χ2v) is 9.50. The van der Waals surface area contributed by atoms with Crippen molar-refractivity contribution in [3.63, 3.8) is 0 Å². The Labute approximate surface area is 208 Å². The first-order valence-electron chi connectivity index (χ1n) is 12.2. The number of aromatic amines is 1. The van der Waals surface area contributed by atoms with E-state index in [1.54, 1.807) is 0 Å². The minimum Gasteiger partial charge on any atom is -0.366 e. The highest BCUT2D eigenvalue weighted by Gasteiger charge is 2.38. The monoisotopic (exact) mass is 527 g/mol. The Balaban J connectivity index is 1.74. The molecule has 0 spiro atoms. The van der Waals surface area contributed by atoms with Gasteiger partial charge in [-0.05, 0) is 57.2 Å². The first kappa shape index (κ1) is 26.8. The first-order valence-corrected chi connectivity index (χ1v) is 12.2. The number of nitrogens with zero attached hydrogens (tertiary/aromatic N) is 1. The largest absolute Gasteiger partial charge is 0.418 e. The van der Waals surface area contributed by atoms with E-state index in [-0.39, 0.29) is 23.9 Å². The average Bonchev–Trinajstić information content (AvgIpc) is 3.18. The predicted molar refractivity (Wildman–Crippen MR) is 129 cm³/mol. The molecule has 0 radical (unpaired) electrons. The Morgan fingerprint density at radius 3 is 2.51 bits per heavy atom. The summed E-state index contributed by atoms with van der Waals surface area (Å²) in [6.45, 7) is 3.96. The quantitative estimate of drug-likeness (QED) is 0.533. The summed E-state index contributed by atoms with van der Waals surface area (Å²) >= 11 is 0. The van der Waals surface area contributed by atoms with Crippen molar-refractivity contribution < 1.29 is 31.1 Å². The molecule has 1 aliphatic heterocycles. The maximum Gasteiger partial charge on any atom is 0.418 e. The number of carbonyl (C=O) groups is 1. The molecule has 2 atom stereocenters. The summed E-state index contributed by atoms with van der Waals surface area (Å²) in [5.41, 5.74) is -4.26. The molecular formula is C26H27F6N3O2. The number of amides is 1. The zero-order valence-corrected chi connectivity index (χ0v) is 20.3. The number of nitrogens with one attached hydrogen (secondary N) is 2. The molecule has 2 N–H and O–H groups in total. The van der Waals surface area contributed by atoms with Gasteiger partial charge in [0, 0.05) is 34.9 Å². The van der Waals surface area contributed by atoms with Gasteiger partial charge in [-0.2, -0.15) is 26.3 Å². The van der Waals surface area contributed by atoms with Crippen LogP contribution in [0.15, 0.2) is 29.2 Å². The number of hydrogen-bond donors (Lipinski definition) is 2. The molecule has 11 heteroatoms. The van der Waals surface area contributed by atoms with Gasteiger partial charge in [-0.3, -0.25) is 9.59 Å². The van der Waals surface area contributed by atoms with Crippen LogP contribution in [0.4, 0.5) is 37.7 Å². The number of anilines is 2. The van der Waals surface area contributed by atoms with Crippen molar-refractivity contribution in [2.24, 2.45) is 0 Å². The molecule has 2 aliphatic rings. The SMILES string of the molecule is CCCC1CCC(C)N1c1ccc(NC(=O)c2c[nH]c3c(c2=O)=C(C(F)(F)F)CCC=3)c(C(F)(F)F)c1. The second kappa shape index (κ2) is 9.90. The first-order chi connectivity index (χ1) is 17.3. The van der Waals surface area contributed by atoms with Crippen LogP contribution in [0.5, 0.6) is 0 Å². The van der Waals surface area contributed by atoms with E-state index >= 15 is 0 Å². The van der Waals surface area contributed by atoms with E-state index in [1.165, 1.54) is 12.1 Å². The number of carbonyl (C=O) groups excluding carboxylic acids is 1. The standard InChI is InChI=1S/C26H27F6N3O2/c1-3-5-15-9-8-14(2)35(15)16-10-11-20(19(12-16)26(30,31)32)34-24(37)17-13-33-21-7-4-6-18(25(27,28)29)22(21)23(17)36/h7,10-15,33H,3-6,8-9H2,1-2H3,(H,34,37). The van der Waals surface area contributed by atoms with Crippen molar-refractivity contribution >= 4 is 28.9 Å². The van der Waals surface area contributed by atoms with E-state index in [0.29, 0.717) is 5.69 Å². The van der Waals surface area contributed by atoms with E-state index in [1.807, 2.05) is 18.7 Å². The van der Waals surface area contributed by atoms with Crippen molar-refractivity contribution in [2.45, 2.75) is 76.8 Å². The number of alkyl halides is 6. The van der Waals surface area contributed by atoms with E-state index in [2.05, 4.69) is 10.3 Å². The van der Waals surface area contributed by atoms with Crippen LogP contribution >= 0.6 is 0 Å². The van der Waals surface area contributed by atoms with Crippen LogP contribution in [0.25, 0.3) is 11.6 Å². The molecule has 1 saturated heterocycles. The van der Waals surface area contributed by atoms with Gasteiger partial charge in [0.1, 0.15) is 5.56 Å². The van der Waals surface area contributed by atoms with E-state index in [9.17, 15) is 35.9 Å². The Hall–Kier alpha value is -3.24. The van der Waals surface area contributed by atoms with Crippen molar-refractivity contribution in [1.82, 2.24) is 4.98 Å². The van der Waals surface area contributed by atoms with Gasteiger partial charge in [0.15, 0.2) is 0 Å². The van der Waals surface area contributed by atoms with Crippen LogP contribution in [0.2, 0.25) is 0 Å². The van der Waals surface area contributed by atoms with E-state index in [4.69, 9.17) is 0 Å². The van der Waals surface area contributed by atoms with Gasteiger partial charge < -0.3 is 15.2 Å². The van der Waals surface area contributed by atoms with E-state index < -0.39 is 57.7 Å². The Morgan fingerprint density at radius 1 is 1.14 bits per heavy atom. The Kier molecular flexibility index (Phi) is 7.18. The fraction of sp³-hybridized carbons (Fsp3) is 0.462. The third-order valence-corrected chi connectivity index (χ3v) is 7.01. The lowest BCUT2D eigenvalue weighted by Gasteiger charge is -2.31. The van der Waals surface area contributed by atoms with Gasteiger partial charge in [-0.15, -0.1) is 0 Å². The fourth-order valence-electron chi connectivity index (χ4n) is 5.32. The molecular weight excluding hydrogens is 500 g/mol. The normalized spacial score (nSPS) is 20.0. The Bertz CT molecular complexity index is 1370. The molecule has 0 bridgehead atoms. The van der Waals surface area contributed by atoms with Gasteiger partial charge in [0.2, 0.25) is 5.43 Å². The molecule has 200 valence electrons. The van der Waals surface area contributed by atoms with Crippen molar-refractivity contribution in [1.29, 1.82) is 0 Å². The molecule has 5 nitrogen and oxygen atoms in total. The second-order valence-electron chi connectivity index (χ2n) is 9.50. The number of benzene rings is 1. The molecule has 1 fully saturated rings. The summed E-state index contributed by atoms with van der Waals surface area (Å²) in [5.74, 6) is -1.23. The molecule has 4 rings (SSSR count). The predicted octanol–water partition coefficient (Wildman–Crippen LogP) is 5.09. The van der Waals surface area contributed by atoms with Crippen molar-refractivity contribution in [3.05, 3.63) is 56.3 Å². The van der Waals surface area contributed by atoms with Gasteiger partial charge in [-0.1, -0.05) is 19.4 Å². The van der Waals surface area contributed by atoms with E-state index in [0.717, 1.165) is 44.0 Å². The molecule has 37 heavy (non-hydrogen) atoms. The molecule has 0 saturated carbocycles. The van der Waals surface area contributed by atoms with Gasteiger partial charge >= 0.3 is 12.4 Å². The maximum absolute atomic E-state index is 14.0. The summed E-state index contributed by atoms with van der Waals surface area (Å²) in [5, 5.41) is 1.36. The summed E-state index contributed by atoms with van der Waals surface area (Å²) in [4.78, 5) is 30.2. The van der Waals surface area contributed by atoms with Crippen LogP contribution in [0, 0.1) is 0 Å².